The van der Waals surface area contributed by atoms with Gasteiger partial charge in [0.1, 0.15) is 0 Å². The van der Waals surface area contributed by atoms with Gasteiger partial charge in [0, 0.05) is 31.3 Å². The van der Waals surface area contributed by atoms with E-state index in [1.54, 1.807) is 52.0 Å². The predicted molar refractivity (Wildman–Crippen MR) is 178 cm³/mol. The largest absolute Gasteiger partial charge is 0.324 e. The van der Waals surface area contributed by atoms with Crippen molar-refractivity contribution >= 4 is 87.3 Å². The summed E-state index contributed by atoms with van der Waals surface area (Å²) in [5.74, 6) is -1.90. The molecule has 0 spiro atoms. The van der Waals surface area contributed by atoms with Crippen LogP contribution in [0.4, 0.5) is 0 Å². The molecule has 0 aliphatic heterocycles. The number of rotatable bonds is 10. The van der Waals surface area contributed by atoms with Gasteiger partial charge in [-0.1, -0.05) is 90.0 Å². The molecular weight excluding hydrogens is 804 g/mol. The molecule has 10 nitrogen and oxygen atoms in total. The molecule has 0 saturated heterocycles. The van der Waals surface area contributed by atoms with Gasteiger partial charge in [0.25, 0.3) is 0 Å². The summed E-state index contributed by atoms with van der Waals surface area (Å²) >= 11 is 14.0. The summed E-state index contributed by atoms with van der Waals surface area (Å²) in [6, 6.07) is 0. The average molecular weight is 834 g/mol. The van der Waals surface area contributed by atoms with E-state index in [2.05, 4.69) is 122 Å². The number of halogens is 4. The summed E-state index contributed by atoms with van der Waals surface area (Å²) in [7, 11) is 0. The minimum Gasteiger partial charge on any atom is -0.324 e. The van der Waals surface area contributed by atoms with Gasteiger partial charge in [0.05, 0.1) is 21.0 Å². The molecule has 4 amide bonds. The number of nitrogens with zero attached hydrogens (tertiary/aromatic N) is 2. The van der Waals surface area contributed by atoms with Crippen LogP contribution >= 0.6 is 63.7 Å². The highest BCUT2D eigenvalue weighted by Gasteiger charge is 2.46. The number of hydrogen-bond acceptors (Lipinski definition) is 6. The minimum absolute atomic E-state index is 0.245. The number of hydrogen-bond donors (Lipinski definition) is 4. The molecule has 2 rings (SSSR count). The second-order valence-corrected chi connectivity index (χ2v) is 13.4. The van der Waals surface area contributed by atoms with E-state index >= 15 is 0 Å². The SMILES string of the molecule is C=C(C)C(=O)NC1(NC(=O)C(=C)C)C(Br)=CC(N=NC2=CC(Br)C(NC(=O)C(=C)C)(NC(=O)C(=C)C)C(Br)=C2)=CC1Br. The van der Waals surface area contributed by atoms with Crippen molar-refractivity contribution in [1.29, 1.82) is 0 Å². The molecule has 224 valence electrons. The molecule has 0 radical (unpaired) electrons. The maximum Gasteiger partial charge on any atom is 0.248 e. The van der Waals surface area contributed by atoms with Crippen LogP contribution in [0.2, 0.25) is 0 Å². The van der Waals surface area contributed by atoms with Crippen LogP contribution in [0.25, 0.3) is 0 Å². The Kier molecular flexibility index (Phi) is 12.0. The first-order valence-corrected chi connectivity index (χ1v) is 15.6. The summed E-state index contributed by atoms with van der Waals surface area (Å²) in [4.78, 5) is 49.0. The standard InChI is InChI=1S/C28H30Br4N6O4/c1-13(2)23(39)33-27(34-24(40)14(3)4)19(29)9-17(10-20(27)30)37-38-18-11-21(31)28(22(32)12-18,35-25(41)15(5)6)36-26(42)16(7)8/h9-12,19,21H,1,3,5,7H2,2,4,6,8H3,(H,33,39)(H,34,40)(H,35,41)(H,36,42). The van der Waals surface area contributed by atoms with Crippen LogP contribution in [0.3, 0.4) is 0 Å². The second kappa shape index (κ2) is 14.2. The van der Waals surface area contributed by atoms with Gasteiger partial charge in [-0.2, -0.15) is 10.2 Å². The minimum atomic E-state index is -1.40. The molecule has 14 heteroatoms. The molecule has 0 fully saturated rings. The summed E-state index contributed by atoms with van der Waals surface area (Å²) < 4.78 is 0.767. The van der Waals surface area contributed by atoms with E-state index in [4.69, 9.17) is 0 Å². The van der Waals surface area contributed by atoms with Crippen molar-refractivity contribution in [3.63, 3.8) is 0 Å². The Balaban J connectivity index is 2.44. The lowest BCUT2D eigenvalue weighted by Gasteiger charge is -2.40. The van der Waals surface area contributed by atoms with Gasteiger partial charge in [0.15, 0.2) is 11.3 Å². The van der Waals surface area contributed by atoms with Crippen molar-refractivity contribution in [2.45, 2.75) is 48.7 Å². The molecule has 2 aliphatic rings. The first-order valence-electron chi connectivity index (χ1n) is 12.2. The zero-order valence-corrected chi connectivity index (χ0v) is 29.7. The third kappa shape index (κ3) is 8.03. The number of allylic oxidation sites excluding steroid dienone is 2. The Morgan fingerprint density at radius 1 is 0.619 bits per heavy atom. The molecule has 42 heavy (non-hydrogen) atoms. The maximum atomic E-state index is 12.6. The van der Waals surface area contributed by atoms with E-state index in [1.165, 1.54) is 0 Å². The fourth-order valence-electron chi connectivity index (χ4n) is 3.36. The van der Waals surface area contributed by atoms with E-state index < -0.39 is 44.6 Å². The number of amides is 4. The maximum absolute atomic E-state index is 12.6. The molecule has 2 aliphatic carbocycles. The van der Waals surface area contributed by atoms with E-state index in [0.29, 0.717) is 20.4 Å². The lowest BCUT2D eigenvalue weighted by atomic mass is 9.97. The third-order valence-electron chi connectivity index (χ3n) is 5.84. The van der Waals surface area contributed by atoms with E-state index in [9.17, 15) is 19.2 Å². The summed E-state index contributed by atoms with van der Waals surface area (Å²) in [5.41, 5.74) is -1.03. The van der Waals surface area contributed by atoms with Crippen molar-refractivity contribution in [3.05, 3.63) is 93.3 Å². The molecule has 0 aromatic carbocycles. The van der Waals surface area contributed by atoms with Crippen molar-refractivity contribution in [2.75, 3.05) is 0 Å². The van der Waals surface area contributed by atoms with Gasteiger partial charge in [-0.25, -0.2) is 0 Å². The number of carbonyl (C=O) groups excluding carboxylic acids is 4. The van der Waals surface area contributed by atoms with Crippen LogP contribution in [-0.2, 0) is 19.2 Å². The quantitative estimate of drug-likeness (QED) is 0.100. The smallest absolute Gasteiger partial charge is 0.248 e. The molecular formula is C28H30Br4N6O4. The molecule has 0 heterocycles. The first kappa shape index (κ1) is 35.5. The van der Waals surface area contributed by atoms with Gasteiger partial charge in [-0.15, -0.1) is 0 Å². The van der Waals surface area contributed by atoms with Crippen LogP contribution < -0.4 is 21.3 Å². The van der Waals surface area contributed by atoms with Gasteiger partial charge in [-0.3, -0.25) is 19.2 Å². The molecule has 0 aromatic rings. The average Bonchev–Trinajstić information content (AvgIpc) is 2.88. The second-order valence-electron chi connectivity index (χ2n) is 9.72. The molecule has 0 bridgehead atoms. The fourth-order valence-corrected chi connectivity index (χ4v) is 6.82. The van der Waals surface area contributed by atoms with Crippen molar-refractivity contribution in [2.24, 2.45) is 10.2 Å². The lowest BCUT2D eigenvalue weighted by molar-refractivity contribution is -0.123. The van der Waals surface area contributed by atoms with Crippen LogP contribution in [0, 0.1) is 0 Å². The fraction of sp³-hybridized carbons (Fsp3) is 0.286. The topological polar surface area (TPSA) is 141 Å². The predicted octanol–water partition coefficient (Wildman–Crippen LogP) is 5.48. The van der Waals surface area contributed by atoms with Gasteiger partial charge >= 0.3 is 0 Å². The molecule has 2 unspecified atom stereocenters. The van der Waals surface area contributed by atoms with Gasteiger partial charge < -0.3 is 21.3 Å². The van der Waals surface area contributed by atoms with E-state index in [-0.39, 0.29) is 22.3 Å². The Morgan fingerprint density at radius 2 is 0.857 bits per heavy atom. The Labute approximate surface area is 278 Å². The van der Waals surface area contributed by atoms with Crippen molar-refractivity contribution in [3.8, 4) is 0 Å². The van der Waals surface area contributed by atoms with Gasteiger partial charge in [0.2, 0.25) is 23.6 Å². The molecule has 0 aromatic heterocycles. The van der Waals surface area contributed by atoms with Crippen molar-refractivity contribution in [1.82, 2.24) is 21.3 Å². The first-order chi connectivity index (χ1) is 19.4. The monoisotopic (exact) mass is 830 g/mol. The Hall–Kier alpha value is -2.68. The number of alkyl halides is 2. The molecule has 2 atom stereocenters. The van der Waals surface area contributed by atoms with Crippen LogP contribution in [0.5, 0.6) is 0 Å². The summed E-state index contributed by atoms with van der Waals surface area (Å²) in [5, 5.41) is 19.9. The van der Waals surface area contributed by atoms with Crippen molar-refractivity contribution < 1.29 is 19.2 Å². The zero-order valence-electron chi connectivity index (χ0n) is 23.3. The van der Waals surface area contributed by atoms with Gasteiger partial charge in [-0.05, 0) is 52.0 Å². The summed E-state index contributed by atoms with van der Waals surface area (Å²) in [6.07, 6.45) is 6.50. The Bertz CT molecular complexity index is 1280. The highest BCUT2D eigenvalue weighted by Crippen LogP contribution is 2.38. The number of azo groups is 1. The Morgan fingerprint density at radius 3 is 1.05 bits per heavy atom. The van der Waals surface area contributed by atoms with Crippen LogP contribution in [0.1, 0.15) is 27.7 Å². The van der Waals surface area contributed by atoms with E-state index in [0.717, 1.165) is 0 Å². The third-order valence-corrected chi connectivity index (χ3v) is 9.45. The lowest BCUT2D eigenvalue weighted by Crippen LogP contribution is -2.66. The number of carbonyl (C=O) groups is 4. The number of nitrogens with one attached hydrogen (secondary N) is 4. The molecule has 0 saturated carbocycles. The normalized spacial score (nSPS) is 20.6. The zero-order chi connectivity index (χ0) is 32.2. The molecule has 4 N–H and O–H groups in total. The summed E-state index contributed by atoms with van der Waals surface area (Å²) in [6.45, 7) is 20.9. The van der Waals surface area contributed by atoms with Crippen LogP contribution in [-0.4, -0.2) is 44.6 Å². The highest BCUT2D eigenvalue weighted by molar-refractivity contribution is 9.12. The van der Waals surface area contributed by atoms with E-state index in [1.807, 2.05) is 0 Å². The van der Waals surface area contributed by atoms with Crippen LogP contribution in [0.15, 0.2) is 103 Å². The highest BCUT2D eigenvalue weighted by atomic mass is 79.9.